The first-order valence-electron chi connectivity index (χ1n) is 7.78. The fourth-order valence-corrected chi connectivity index (χ4v) is 1.50. The first-order valence-corrected chi connectivity index (χ1v) is 7.78. The summed E-state index contributed by atoms with van der Waals surface area (Å²) in [5.41, 5.74) is 0. The third-order valence-electron chi connectivity index (χ3n) is 2.56. The highest BCUT2D eigenvalue weighted by molar-refractivity contribution is 4.64. The SMILES string of the molecule is OCCN(CCO)Cn1ccnn1.OCCNCCO.c1cn[nH]n1. The summed E-state index contributed by atoms with van der Waals surface area (Å²) in [6.45, 7) is 3.17. The molecule has 0 aliphatic carbocycles. The van der Waals surface area contributed by atoms with Crippen molar-refractivity contribution in [3.05, 3.63) is 24.8 Å². The summed E-state index contributed by atoms with van der Waals surface area (Å²) in [6.07, 6.45) is 6.50. The summed E-state index contributed by atoms with van der Waals surface area (Å²) in [4.78, 5) is 1.88. The predicted molar refractivity (Wildman–Crippen MR) is 89.2 cm³/mol. The number of hydrogen-bond acceptors (Lipinski definition) is 10. The molecule has 0 spiro atoms. The predicted octanol–water partition coefficient (Wildman–Crippen LogP) is -3.11. The van der Waals surface area contributed by atoms with Crippen LogP contribution in [0.15, 0.2) is 24.8 Å². The second-order valence-electron chi connectivity index (χ2n) is 4.50. The number of aromatic nitrogens is 6. The highest BCUT2D eigenvalue weighted by Crippen LogP contribution is 1.91. The lowest BCUT2D eigenvalue weighted by Gasteiger charge is -2.19. The van der Waals surface area contributed by atoms with Gasteiger partial charge in [0.15, 0.2) is 0 Å². The van der Waals surface area contributed by atoms with Crippen LogP contribution in [-0.2, 0) is 6.67 Å². The average molecular weight is 360 g/mol. The van der Waals surface area contributed by atoms with Crippen molar-refractivity contribution in [2.45, 2.75) is 6.67 Å². The van der Waals surface area contributed by atoms with Gasteiger partial charge in [0.1, 0.15) is 0 Å². The highest BCUT2D eigenvalue weighted by Gasteiger charge is 2.03. The highest BCUT2D eigenvalue weighted by atomic mass is 16.3. The van der Waals surface area contributed by atoms with Crippen molar-refractivity contribution in [3.63, 3.8) is 0 Å². The zero-order valence-electron chi connectivity index (χ0n) is 14.1. The van der Waals surface area contributed by atoms with E-state index in [9.17, 15) is 0 Å². The van der Waals surface area contributed by atoms with E-state index in [0.717, 1.165) is 0 Å². The Morgan fingerprint density at radius 1 is 0.880 bits per heavy atom. The van der Waals surface area contributed by atoms with E-state index in [4.69, 9.17) is 20.4 Å². The molecule has 0 saturated heterocycles. The second-order valence-corrected chi connectivity index (χ2v) is 4.50. The fraction of sp³-hybridized carbons (Fsp3) is 0.692. The normalized spacial score (nSPS) is 9.96. The first-order chi connectivity index (χ1) is 12.3. The molecule has 25 heavy (non-hydrogen) atoms. The van der Waals surface area contributed by atoms with Crippen LogP contribution in [0.5, 0.6) is 0 Å². The molecule has 0 bridgehead atoms. The van der Waals surface area contributed by atoms with E-state index in [1.54, 1.807) is 29.5 Å². The molecule has 0 amide bonds. The van der Waals surface area contributed by atoms with E-state index in [-0.39, 0.29) is 26.4 Å². The fourth-order valence-electron chi connectivity index (χ4n) is 1.50. The summed E-state index contributed by atoms with van der Waals surface area (Å²) >= 11 is 0. The minimum atomic E-state index is 0.0781. The lowest BCUT2D eigenvalue weighted by Crippen LogP contribution is -2.32. The van der Waals surface area contributed by atoms with Crippen molar-refractivity contribution in [2.75, 3.05) is 52.6 Å². The van der Waals surface area contributed by atoms with Gasteiger partial charge in [-0.1, -0.05) is 5.21 Å². The summed E-state index contributed by atoms with van der Waals surface area (Å²) in [5, 5.41) is 53.3. The van der Waals surface area contributed by atoms with Crippen molar-refractivity contribution in [1.82, 2.24) is 40.6 Å². The van der Waals surface area contributed by atoms with E-state index in [0.29, 0.717) is 32.8 Å². The topological polar surface area (TPSA) is 168 Å². The van der Waals surface area contributed by atoms with Gasteiger partial charge in [-0.05, 0) is 0 Å². The van der Waals surface area contributed by atoms with Crippen LogP contribution in [-0.4, -0.2) is 108 Å². The largest absolute Gasteiger partial charge is 0.395 e. The van der Waals surface area contributed by atoms with E-state index in [2.05, 4.69) is 31.0 Å². The van der Waals surface area contributed by atoms with Gasteiger partial charge in [0, 0.05) is 32.4 Å². The van der Waals surface area contributed by atoms with Gasteiger partial charge in [0.25, 0.3) is 0 Å². The molecule has 0 aromatic carbocycles. The minimum Gasteiger partial charge on any atom is -0.395 e. The molecule has 0 aliphatic rings. The van der Waals surface area contributed by atoms with E-state index >= 15 is 0 Å². The molecule has 6 N–H and O–H groups in total. The zero-order valence-corrected chi connectivity index (χ0v) is 14.1. The number of rotatable bonds is 10. The molecule has 2 aromatic heterocycles. The smallest absolute Gasteiger partial charge is 0.0948 e. The third-order valence-corrected chi connectivity index (χ3v) is 2.56. The maximum atomic E-state index is 8.72. The molecular formula is C13H28N8O4. The molecule has 0 unspecified atom stereocenters. The van der Waals surface area contributed by atoms with Gasteiger partial charge in [-0.3, -0.25) is 4.90 Å². The van der Waals surface area contributed by atoms with Gasteiger partial charge in [-0.2, -0.15) is 15.4 Å². The van der Waals surface area contributed by atoms with Gasteiger partial charge >= 0.3 is 0 Å². The molecule has 144 valence electrons. The van der Waals surface area contributed by atoms with Crippen LogP contribution in [0.2, 0.25) is 0 Å². The lowest BCUT2D eigenvalue weighted by molar-refractivity contribution is 0.128. The standard InChI is InChI=1S/C7H14N4O2.C4H11NO2.C2H3N3/c12-5-3-10(4-6-13)7-11-2-1-8-9-11;6-3-1-5-2-4-7;1-2-4-5-3-1/h1-2,12-13H,3-7H2;5-7H,1-4H2;1-2H,(H,3,4,5). The molecule has 12 nitrogen and oxygen atoms in total. The molecule has 0 radical (unpaired) electrons. The number of aromatic amines is 1. The molecule has 0 aliphatic heterocycles. The molecular weight excluding hydrogens is 332 g/mol. The number of aliphatic hydroxyl groups excluding tert-OH is 4. The van der Waals surface area contributed by atoms with Crippen molar-refractivity contribution < 1.29 is 20.4 Å². The van der Waals surface area contributed by atoms with Gasteiger partial charge in [-0.15, -0.1) is 5.10 Å². The molecule has 12 heteroatoms. The Kier molecular flexibility index (Phi) is 16.9. The Balaban J connectivity index is 0.000000400. The molecule has 2 heterocycles. The van der Waals surface area contributed by atoms with Crippen molar-refractivity contribution in [3.8, 4) is 0 Å². The summed E-state index contributed by atoms with van der Waals surface area (Å²) in [5.74, 6) is 0. The number of aliphatic hydroxyl groups is 4. The van der Waals surface area contributed by atoms with E-state index in [1.165, 1.54) is 0 Å². The number of H-pyrrole nitrogens is 1. The Labute approximate surface area is 146 Å². The summed E-state index contributed by atoms with van der Waals surface area (Å²) in [7, 11) is 0. The van der Waals surface area contributed by atoms with Crippen molar-refractivity contribution >= 4 is 0 Å². The van der Waals surface area contributed by atoms with Crippen molar-refractivity contribution in [2.24, 2.45) is 0 Å². The van der Waals surface area contributed by atoms with Crippen LogP contribution in [0, 0.1) is 0 Å². The van der Waals surface area contributed by atoms with Crippen molar-refractivity contribution in [1.29, 1.82) is 0 Å². The van der Waals surface area contributed by atoms with Crippen LogP contribution >= 0.6 is 0 Å². The second kappa shape index (κ2) is 18.4. The van der Waals surface area contributed by atoms with Crippen LogP contribution in [0.1, 0.15) is 0 Å². The van der Waals surface area contributed by atoms with Crippen LogP contribution in [0.3, 0.4) is 0 Å². The maximum Gasteiger partial charge on any atom is 0.0948 e. The van der Waals surface area contributed by atoms with Crippen LogP contribution in [0.25, 0.3) is 0 Å². The van der Waals surface area contributed by atoms with E-state index < -0.39 is 0 Å². The van der Waals surface area contributed by atoms with Gasteiger partial charge < -0.3 is 25.7 Å². The Morgan fingerprint density at radius 2 is 1.48 bits per heavy atom. The van der Waals surface area contributed by atoms with Gasteiger partial charge in [0.05, 0.1) is 51.7 Å². The molecule has 2 rings (SSSR count). The Morgan fingerprint density at radius 3 is 1.84 bits per heavy atom. The maximum absolute atomic E-state index is 8.72. The van der Waals surface area contributed by atoms with Gasteiger partial charge in [0.2, 0.25) is 0 Å². The lowest BCUT2D eigenvalue weighted by atomic mass is 10.5. The zero-order chi connectivity index (χ0) is 18.6. The molecule has 0 atom stereocenters. The molecule has 2 aromatic rings. The molecule has 0 saturated carbocycles. The van der Waals surface area contributed by atoms with Crippen LogP contribution < -0.4 is 5.32 Å². The quantitative estimate of drug-likeness (QED) is 0.238. The monoisotopic (exact) mass is 360 g/mol. The van der Waals surface area contributed by atoms with Gasteiger partial charge in [-0.25, -0.2) is 4.68 Å². The summed E-state index contributed by atoms with van der Waals surface area (Å²) in [6, 6.07) is 0. The molecule has 0 fully saturated rings. The summed E-state index contributed by atoms with van der Waals surface area (Å²) < 4.78 is 1.64. The Hall–Kier alpha value is -1.96. The average Bonchev–Trinajstić information content (AvgIpc) is 3.33. The van der Waals surface area contributed by atoms with E-state index in [1.807, 2.05) is 4.90 Å². The van der Waals surface area contributed by atoms with Crippen LogP contribution in [0.4, 0.5) is 0 Å². The number of nitrogens with one attached hydrogen (secondary N) is 2. The first kappa shape index (κ1) is 23.0. The number of nitrogens with zero attached hydrogens (tertiary/aromatic N) is 6. The third kappa shape index (κ3) is 15.3. The minimum absolute atomic E-state index is 0.0781. The Bertz CT molecular complexity index is 416. The number of hydrogen-bond donors (Lipinski definition) is 6.